The molecule has 0 aromatic carbocycles. The summed E-state index contributed by atoms with van der Waals surface area (Å²) < 4.78 is 6.29. The van der Waals surface area contributed by atoms with Crippen molar-refractivity contribution in [2.24, 2.45) is 5.92 Å². The Morgan fingerprint density at radius 2 is 1.31 bits per heavy atom. The van der Waals surface area contributed by atoms with Crippen molar-refractivity contribution in [3.8, 4) is 0 Å². The maximum atomic E-state index is 6.29. The van der Waals surface area contributed by atoms with Crippen LogP contribution in [0.3, 0.4) is 0 Å². The zero-order valence-corrected chi connectivity index (χ0v) is 11.2. The standard InChI is InChI=1S/C11H26OSi/c1-7-13(8-2,9-3)12-11(6)10(4)5/h10-11H,7-9H2,1-6H3. The molecule has 0 aliphatic rings. The number of hydrogen-bond donors (Lipinski definition) is 0. The predicted octanol–water partition coefficient (Wildman–Crippen LogP) is 4.05. The molecule has 0 saturated carbocycles. The summed E-state index contributed by atoms with van der Waals surface area (Å²) in [5.41, 5.74) is 0. The molecule has 2 heteroatoms. The van der Waals surface area contributed by atoms with Gasteiger partial charge in [-0.15, -0.1) is 0 Å². The van der Waals surface area contributed by atoms with Crippen molar-refractivity contribution < 1.29 is 4.43 Å². The summed E-state index contributed by atoms with van der Waals surface area (Å²) in [6.07, 6.45) is 0.437. The molecular formula is C11H26OSi. The van der Waals surface area contributed by atoms with Crippen LogP contribution < -0.4 is 0 Å². The van der Waals surface area contributed by atoms with Crippen molar-refractivity contribution in [1.29, 1.82) is 0 Å². The molecular weight excluding hydrogens is 176 g/mol. The first-order valence-corrected chi connectivity index (χ1v) is 8.22. The Balaban J connectivity index is 4.24. The van der Waals surface area contributed by atoms with Crippen LogP contribution in [0, 0.1) is 5.92 Å². The van der Waals surface area contributed by atoms with Crippen molar-refractivity contribution in [1.82, 2.24) is 0 Å². The Morgan fingerprint density at radius 3 is 1.54 bits per heavy atom. The van der Waals surface area contributed by atoms with E-state index in [1.165, 1.54) is 18.1 Å². The molecule has 0 bridgehead atoms. The van der Waals surface area contributed by atoms with E-state index in [0.717, 1.165) is 0 Å². The molecule has 0 aromatic heterocycles. The van der Waals surface area contributed by atoms with Crippen molar-refractivity contribution >= 4 is 8.32 Å². The third-order valence-electron chi connectivity index (χ3n) is 3.31. The molecule has 80 valence electrons. The first-order valence-electron chi connectivity index (χ1n) is 5.69. The third-order valence-corrected chi connectivity index (χ3v) is 8.05. The first kappa shape index (κ1) is 13.2. The summed E-state index contributed by atoms with van der Waals surface area (Å²) in [5, 5.41) is 0. The van der Waals surface area contributed by atoms with Crippen molar-refractivity contribution in [2.45, 2.75) is 65.8 Å². The molecule has 0 saturated heterocycles. The molecule has 1 unspecified atom stereocenters. The van der Waals surface area contributed by atoms with Crippen LogP contribution in [0.1, 0.15) is 41.5 Å². The molecule has 0 fully saturated rings. The van der Waals surface area contributed by atoms with Gasteiger partial charge in [0.05, 0.1) is 0 Å². The minimum absolute atomic E-state index is 0.437. The zero-order valence-electron chi connectivity index (χ0n) is 10.2. The van der Waals surface area contributed by atoms with Crippen LogP contribution in [-0.4, -0.2) is 14.4 Å². The molecule has 13 heavy (non-hydrogen) atoms. The summed E-state index contributed by atoms with van der Waals surface area (Å²) in [7, 11) is -1.34. The highest BCUT2D eigenvalue weighted by Crippen LogP contribution is 2.25. The normalized spacial score (nSPS) is 15.0. The minimum atomic E-state index is -1.34. The topological polar surface area (TPSA) is 9.23 Å². The van der Waals surface area contributed by atoms with Gasteiger partial charge in [-0.2, -0.15) is 0 Å². The highest BCUT2D eigenvalue weighted by Gasteiger charge is 2.31. The fourth-order valence-electron chi connectivity index (χ4n) is 1.53. The molecule has 0 aliphatic carbocycles. The van der Waals surface area contributed by atoms with Gasteiger partial charge in [-0.25, -0.2) is 0 Å². The van der Waals surface area contributed by atoms with E-state index in [1.54, 1.807) is 0 Å². The van der Waals surface area contributed by atoms with Crippen LogP contribution in [0.5, 0.6) is 0 Å². The van der Waals surface area contributed by atoms with Gasteiger partial charge in [0.1, 0.15) is 0 Å². The third kappa shape index (κ3) is 3.82. The Hall–Kier alpha value is 0.177. The molecule has 0 N–H and O–H groups in total. The van der Waals surface area contributed by atoms with Crippen molar-refractivity contribution in [2.75, 3.05) is 0 Å². The smallest absolute Gasteiger partial charge is 0.192 e. The fraction of sp³-hybridized carbons (Fsp3) is 1.00. The minimum Gasteiger partial charge on any atom is -0.414 e. The van der Waals surface area contributed by atoms with E-state index in [2.05, 4.69) is 41.5 Å². The average Bonchev–Trinajstić information content (AvgIpc) is 2.14. The molecule has 1 nitrogen and oxygen atoms in total. The van der Waals surface area contributed by atoms with Gasteiger partial charge in [0.25, 0.3) is 0 Å². The first-order chi connectivity index (χ1) is 6.01. The molecule has 0 heterocycles. The van der Waals surface area contributed by atoms with Crippen LogP contribution in [0.15, 0.2) is 0 Å². The molecule has 0 radical (unpaired) electrons. The van der Waals surface area contributed by atoms with Gasteiger partial charge in [-0.05, 0) is 31.0 Å². The highest BCUT2D eigenvalue weighted by atomic mass is 28.4. The lowest BCUT2D eigenvalue weighted by Gasteiger charge is -2.33. The molecule has 1 atom stereocenters. The van der Waals surface area contributed by atoms with E-state index in [1.807, 2.05) is 0 Å². The van der Waals surface area contributed by atoms with Crippen LogP contribution in [0.25, 0.3) is 0 Å². The second-order valence-electron chi connectivity index (χ2n) is 4.31. The van der Waals surface area contributed by atoms with Crippen LogP contribution in [0.4, 0.5) is 0 Å². The lowest BCUT2D eigenvalue weighted by molar-refractivity contribution is 0.156. The number of hydrogen-bond acceptors (Lipinski definition) is 1. The van der Waals surface area contributed by atoms with Crippen LogP contribution >= 0.6 is 0 Å². The Labute approximate surface area is 85.0 Å². The van der Waals surface area contributed by atoms with Gasteiger partial charge in [0.15, 0.2) is 8.32 Å². The van der Waals surface area contributed by atoms with Gasteiger partial charge in [0, 0.05) is 6.10 Å². The van der Waals surface area contributed by atoms with Crippen molar-refractivity contribution in [3.63, 3.8) is 0 Å². The average molecular weight is 202 g/mol. The second-order valence-corrected chi connectivity index (χ2v) is 9.03. The molecule has 0 aliphatic heterocycles. The maximum Gasteiger partial charge on any atom is 0.192 e. The van der Waals surface area contributed by atoms with Gasteiger partial charge >= 0.3 is 0 Å². The molecule has 0 spiro atoms. The molecule has 0 aromatic rings. The van der Waals surface area contributed by atoms with E-state index in [4.69, 9.17) is 4.43 Å². The summed E-state index contributed by atoms with van der Waals surface area (Å²) in [6.45, 7) is 13.5. The molecule has 0 rings (SSSR count). The number of rotatable bonds is 6. The van der Waals surface area contributed by atoms with E-state index in [0.29, 0.717) is 12.0 Å². The van der Waals surface area contributed by atoms with Gasteiger partial charge < -0.3 is 4.43 Å². The van der Waals surface area contributed by atoms with E-state index in [-0.39, 0.29) is 0 Å². The summed E-state index contributed by atoms with van der Waals surface area (Å²) in [4.78, 5) is 0. The Bertz CT molecular complexity index is 122. The summed E-state index contributed by atoms with van der Waals surface area (Å²) in [6, 6.07) is 3.78. The van der Waals surface area contributed by atoms with E-state index >= 15 is 0 Å². The quantitative estimate of drug-likeness (QED) is 0.590. The van der Waals surface area contributed by atoms with E-state index < -0.39 is 8.32 Å². The zero-order chi connectivity index (χ0) is 10.5. The Kier molecular flexibility index (Phi) is 5.89. The monoisotopic (exact) mass is 202 g/mol. The summed E-state index contributed by atoms with van der Waals surface area (Å²) >= 11 is 0. The Morgan fingerprint density at radius 1 is 0.923 bits per heavy atom. The summed E-state index contributed by atoms with van der Waals surface area (Å²) in [5.74, 6) is 0.650. The maximum absolute atomic E-state index is 6.29. The van der Waals surface area contributed by atoms with Crippen LogP contribution in [0.2, 0.25) is 18.1 Å². The van der Waals surface area contributed by atoms with Gasteiger partial charge in [-0.1, -0.05) is 34.6 Å². The van der Waals surface area contributed by atoms with Gasteiger partial charge in [-0.3, -0.25) is 0 Å². The van der Waals surface area contributed by atoms with E-state index in [9.17, 15) is 0 Å². The predicted molar refractivity (Wildman–Crippen MR) is 62.6 cm³/mol. The van der Waals surface area contributed by atoms with Gasteiger partial charge in [0.2, 0.25) is 0 Å². The SMILES string of the molecule is CC[Si](CC)(CC)OC(C)C(C)C. The van der Waals surface area contributed by atoms with Crippen LogP contribution in [-0.2, 0) is 4.43 Å². The lowest BCUT2D eigenvalue weighted by Crippen LogP contribution is -2.40. The second kappa shape index (κ2) is 5.81. The molecule has 0 amide bonds. The largest absolute Gasteiger partial charge is 0.414 e. The highest BCUT2D eigenvalue weighted by molar-refractivity contribution is 6.73. The fourth-order valence-corrected chi connectivity index (χ4v) is 4.59. The van der Waals surface area contributed by atoms with Crippen molar-refractivity contribution in [3.05, 3.63) is 0 Å². The lowest BCUT2D eigenvalue weighted by atomic mass is 10.1.